The molecule has 8 nitrogen and oxygen atoms in total. The lowest BCUT2D eigenvalue weighted by Crippen LogP contribution is -2.31. The van der Waals surface area contributed by atoms with E-state index in [9.17, 15) is 29.4 Å². The van der Waals surface area contributed by atoms with E-state index in [1.54, 1.807) is 20.8 Å². The molecule has 0 saturated heterocycles. The Morgan fingerprint density at radius 2 is 1.32 bits per heavy atom. The van der Waals surface area contributed by atoms with Gasteiger partial charge in [-0.05, 0) is 57.2 Å². The number of aromatic carboxylic acids is 2. The average molecular weight is 422 g/mol. The summed E-state index contributed by atoms with van der Waals surface area (Å²) in [6.07, 6.45) is 0. The zero-order valence-electron chi connectivity index (χ0n) is 17.3. The van der Waals surface area contributed by atoms with Crippen LogP contribution in [0.4, 0.5) is 0 Å². The van der Waals surface area contributed by atoms with Crippen molar-refractivity contribution >= 4 is 23.8 Å². The minimum Gasteiger partial charge on any atom is -0.478 e. The lowest BCUT2D eigenvalue weighted by Gasteiger charge is -2.10. The summed E-state index contributed by atoms with van der Waals surface area (Å²) in [7, 11) is 0. The molecule has 0 heterocycles. The third-order valence-electron chi connectivity index (χ3n) is 4.10. The molecule has 0 unspecified atom stereocenters. The van der Waals surface area contributed by atoms with Crippen molar-refractivity contribution in [2.45, 2.75) is 26.8 Å². The smallest absolute Gasteiger partial charge is 0.336 e. The lowest BCUT2D eigenvalue weighted by molar-refractivity contribution is 0.0682. The van der Waals surface area contributed by atoms with Crippen molar-refractivity contribution < 1.29 is 29.4 Å². The van der Waals surface area contributed by atoms with Crippen LogP contribution >= 0.6 is 0 Å². The first-order chi connectivity index (χ1) is 14.6. The maximum atomic E-state index is 12.2. The summed E-state index contributed by atoms with van der Waals surface area (Å²) in [5.41, 5.74) is 0.397. The number of nitrogens with one attached hydrogen (secondary N) is 2. The maximum absolute atomic E-state index is 12.2. The van der Waals surface area contributed by atoms with Gasteiger partial charge in [-0.15, -0.1) is 0 Å². The molecule has 0 aliphatic rings. The number of carboxylic acid groups (broad SMARTS) is 2. The molecule has 0 aromatic heterocycles. The molecular formula is C23H22N2O6. The first kappa shape index (κ1) is 23.2. The second-order valence-corrected chi connectivity index (χ2v) is 6.87. The standard InChI is InChI=1S/C23H22N2O6/c1-4-24-20(26)18-11-14(8-10-17(18)22(28)29)5-6-15-7-9-16(19(12-15)23(30)31)21(27)25-13(2)3/h7-13H,4H2,1-3H3,(H,24,26)(H,25,27)(H,28,29)(H,30,31). The molecule has 2 amide bonds. The molecule has 0 atom stereocenters. The molecule has 2 rings (SSSR count). The van der Waals surface area contributed by atoms with Gasteiger partial charge in [0.05, 0.1) is 22.3 Å². The zero-order valence-corrected chi connectivity index (χ0v) is 17.3. The summed E-state index contributed by atoms with van der Waals surface area (Å²) < 4.78 is 0. The highest BCUT2D eigenvalue weighted by Gasteiger charge is 2.18. The fraction of sp³-hybridized carbons (Fsp3) is 0.217. The molecule has 0 aliphatic carbocycles. The van der Waals surface area contributed by atoms with Crippen LogP contribution in [0.2, 0.25) is 0 Å². The van der Waals surface area contributed by atoms with Crippen molar-refractivity contribution in [1.82, 2.24) is 10.6 Å². The van der Waals surface area contributed by atoms with Crippen LogP contribution < -0.4 is 10.6 Å². The van der Waals surface area contributed by atoms with E-state index in [4.69, 9.17) is 0 Å². The van der Waals surface area contributed by atoms with E-state index >= 15 is 0 Å². The van der Waals surface area contributed by atoms with Gasteiger partial charge in [-0.25, -0.2) is 9.59 Å². The van der Waals surface area contributed by atoms with Crippen molar-refractivity contribution in [2.24, 2.45) is 0 Å². The molecule has 8 heteroatoms. The minimum absolute atomic E-state index is 0.0203. The number of carboxylic acids is 2. The van der Waals surface area contributed by atoms with Crippen LogP contribution in [0.1, 0.15) is 73.3 Å². The van der Waals surface area contributed by atoms with Crippen LogP contribution in [0, 0.1) is 11.8 Å². The molecule has 0 radical (unpaired) electrons. The number of carbonyl (C=O) groups is 4. The van der Waals surface area contributed by atoms with Gasteiger partial charge >= 0.3 is 11.9 Å². The normalized spacial score (nSPS) is 10.1. The van der Waals surface area contributed by atoms with Crippen molar-refractivity contribution in [2.75, 3.05) is 6.54 Å². The van der Waals surface area contributed by atoms with Gasteiger partial charge in [0.25, 0.3) is 11.8 Å². The summed E-state index contributed by atoms with van der Waals surface area (Å²) in [5, 5.41) is 23.9. The summed E-state index contributed by atoms with van der Waals surface area (Å²) in [4.78, 5) is 47.3. The SMILES string of the molecule is CCNC(=O)c1cc(C#Cc2ccc(C(=O)NC(C)C)c(C(=O)O)c2)ccc1C(=O)O. The fourth-order valence-corrected chi connectivity index (χ4v) is 2.73. The Morgan fingerprint density at radius 1 is 0.806 bits per heavy atom. The predicted octanol–water partition coefficient (Wildman–Crippen LogP) is 2.37. The van der Waals surface area contributed by atoms with Crippen LogP contribution in [0.3, 0.4) is 0 Å². The van der Waals surface area contributed by atoms with Gasteiger partial charge in [-0.3, -0.25) is 9.59 Å². The topological polar surface area (TPSA) is 133 Å². The quantitative estimate of drug-likeness (QED) is 0.528. The van der Waals surface area contributed by atoms with E-state index in [-0.39, 0.29) is 28.3 Å². The molecule has 2 aromatic rings. The number of hydrogen-bond acceptors (Lipinski definition) is 4. The second kappa shape index (κ2) is 10.1. The van der Waals surface area contributed by atoms with E-state index in [0.717, 1.165) is 0 Å². The number of amides is 2. The van der Waals surface area contributed by atoms with Gasteiger partial charge in [0.1, 0.15) is 0 Å². The lowest BCUT2D eigenvalue weighted by atomic mass is 10.0. The van der Waals surface area contributed by atoms with Crippen LogP contribution in [0.25, 0.3) is 0 Å². The number of rotatable bonds is 6. The van der Waals surface area contributed by atoms with Gasteiger partial charge in [-0.1, -0.05) is 11.8 Å². The van der Waals surface area contributed by atoms with Crippen LogP contribution in [-0.2, 0) is 0 Å². The largest absolute Gasteiger partial charge is 0.478 e. The van der Waals surface area contributed by atoms with Crippen molar-refractivity contribution in [1.29, 1.82) is 0 Å². The number of hydrogen-bond donors (Lipinski definition) is 4. The summed E-state index contributed by atoms with van der Waals surface area (Å²) in [6, 6.07) is 8.16. The third-order valence-corrected chi connectivity index (χ3v) is 4.10. The number of carbonyl (C=O) groups excluding carboxylic acids is 2. The van der Waals surface area contributed by atoms with Crippen molar-refractivity contribution in [3.63, 3.8) is 0 Å². The molecular weight excluding hydrogens is 400 g/mol. The fourth-order valence-electron chi connectivity index (χ4n) is 2.73. The van der Waals surface area contributed by atoms with Crippen LogP contribution in [-0.4, -0.2) is 46.6 Å². The molecule has 0 saturated carbocycles. The molecule has 160 valence electrons. The van der Waals surface area contributed by atoms with Gasteiger partial charge in [0, 0.05) is 23.7 Å². The Balaban J connectivity index is 2.43. The highest BCUT2D eigenvalue weighted by Crippen LogP contribution is 2.15. The van der Waals surface area contributed by atoms with E-state index in [1.807, 2.05) is 0 Å². The highest BCUT2D eigenvalue weighted by atomic mass is 16.4. The Kier molecular flexibility index (Phi) is 7.53. The minimum atomic E-state index is -1.26. The summed E-state index contributed by atoms with van der Waals surface area (Å²) in [5.74, 6) is 2.06. The van der Waals surface area contributed by atoms with E-state index in [0.29, 0.717) is 17.7 Å². The van der Waals surface area contributed by atoms with Crippen molar-refractivity contribution in [3.05, 3.63) is 69.8 Å². The highest BCUT2D eigenvalue weighted by molar-refractivity contribution is 6.06. The Morgan fingerprint density at radius 3 is 1.81 bits per heavy atom. The number of benzene rings is 2. The Hall–Kier alpha value is -4.12. The summed E-state index contributed by atoms with van der Waals surface area (Å²) in [6.45, 7) is 5.58. The Labute approximate surface area is 179 Å². The second-order valence-electron chi connectivity index (χ2n) is 6.87. The Bertz CT molecular complexity index is 1110. The van der Waals surface area contributed by atoms with E-state index in [1.165, 1.54) is 36.4 Å². The van der Waals surface area contributed by atoms with Gasteiger partial charge in [0.2, 0.25) is 0 Å². The zero-order chi connectivity index (χ0) is 23.1. The molecule has 0 aliphatic heterocycles. The molecule has 0 fully saturated rings. The predicted molar refractivity (Wildman–Crippen MR) is 113 cm³/mol. The maximum Gasteiger partial charge on any atom is 0.336 e. The molecule has 31 heavy (non-hydrogen) atoms. The van der Waals surface area contributed by atoms with E-state index < -0.39 is 23.8 Å². The van der Waals surface area contributed by atoms with E-state index in [2.05, 4.69) is 22.5 Å². The monoisotopic (exact) mass is 422 g/mol. The van der Waals surface area contributed by atoms with Crippen molar-refractivity contribution in [3.8, 4) is 11.8 Å². The molecule has 4 N–H and O–H groups in total. The first-order valence-corrected chi connectivity index (χ1v) is 9.49. The first-order valence-electron chi connectivity index (χ1n) is 9.49. The van der Waals surface area contributed by atoms with Gasteiger partial charge < -0.3 is 20.8 Å². The van der Waals surface area contributed by atoms with Gasteiger partial charge in [-0.2, -0.15) is 0 Å². The summed E-state index contributed by atoms with van der Waals surface area (Å²) >= 11 is 0. The molecule has 0 bridgehead atoms. The van der Waals surface area contributed by atoms with Gasteiger partial charge in [0.15, 0.2) is 0 Å². The average Bonchev–Trinajstić information content (AvgIpc) is 2.71. The molecule has 2 aromatic carbocycles. The van der Waals surface area contributed by atoms with Crippen LogP contribution in [0.5, 0.6) is 0 Å². The van der Waals surface area contributed by atoms with Crippen LogP contribution in [0.15, 0.2) is 36.4 Å². The third kappa shape index (κ3) is 5.93. The molecule has 0 spiro atoms.